The van der Waals surface area contributed by atoms with E-state index in [9.17, 15) is 0 Å². The van der Waals surface area contributed by atoms with Crippen LogP contribution in [0.15, 0.2) is 0 Å². The van der Waals surface area contributed by atoms with Crippen LogP contribution >= 0.6 is 0 Å². The maximum atomic E-state index is 6.01. The first-order valence-corrected chi connectivity index (χ1v) is 10.2. The number of hydrogen-bond acceptors (Lipinski definition) is 1. The van der Waals surface area contributed by atoms with Crippen molar-refractivity contribution in [1.82, 2.24) is 0 Å². The zero-order chi connectivity index (χ0) is 17.6. The van der Waals surface area contributed by atoms with E-state index in [1.807, 2.05) is 0 Å². The molecule has 0 bridgehead atoms. The van der Waals surface area contributed by atoms with E-state index in [2.05, 4.69) is 41.8 Å². The van der Waals surface area contributed by atoms with E-state index < -0.39 is 0 Å². The molecule has 0 atom stereocenters. The molecule has 25 heavy (non-hydrogen) atoms. The summed E-state index contributed by atoms with van der Waals surface area (Å²) in [5.74, 6) is 0. The van der Waals surface area contributed by atoms with E-state index in [0.29, 0.717) is 0 Å². The molecule has 0 saturated heterocycles. The highest BCUT2D eigenvalue weighted by molar-refractivity contribution is 4.45. The summed E-state index contributed by atoms with van der Waals surface area (Å²) in [4.78, 5) is 0. The standard InChI is InChI=1S/C20H46N2O.2BrH/c1-7-11-13-15-21(5,6)17-19-23-20-18-22(9-3,10-4)16-14-12-8-2;;/h7-20H2,1-6H3;2*1H/q+2;;/p-2. The van der Waals surface area contributed by atoms with Crippen molar-refractivity contribution in [2.75, 3.05) is 66.6 Å². The van der Waals surface area contributed by atoms with Gasteiger partial charge >= 0.3 is 0 Å². The topological polar surface area (TPSA) is 9.23 Å². The highest BCUT2D eigenvalue weighted by Crippen LogP contribution is 2.10. The molecule has 0 radical (unpaired) electrons. The summed E-state index contributed by atoms with van der Waals surface area (Å²) in [6.07, 6.45) is 8.04. The molecule has 0 unspecified atom stereocenters. The number of unbranched alkanes of at least 4 members (excludes halogenated alkanes) is 4. The van der Waals surface area contributed by atoms with Crippen LogP contribution in [-0.4, -0.2) is 75.5 Å². The lowest BCUT2D eigenvalue weighted by atomic mass is 10.2. The third-order valence-corrected chi connectivity index (χ3v) is 5.50. The van der Waals surface area contributed by atoms with Crippen LogP contribution in [0.3, 0.4) is 0 Å². The first-order valence-electron chi connectivity index (χ1n) is 10.2. The van der Waals surface area contributed by atoms with Gasteiger partial charge < -0.3 is 47.7 Å². The molecule has 0 aromatic heterocycles. The number of halogens is 2. The summed E-state index contributed by atoms with van der Waals surface area (Å²) in [6, 6.07) is 0. The van der Waals surface area contributed by atoms with Crippen LogP contribution < -0.4 is 34.0 Å². The molecular formula is C20H46Br2N2O. The van der Waals surface area contributed by atoms with E-state index in [1.54, 1.807) is 0 Å². The molecule has 0 aromatic rings. The van der Waals surface area contributed by atoms with Crippen molar-refractivity contribution in [2.24, 2.45) is 0 Å². The van der Waals surface area contributed by atoms with Crippen molar-refractivity contribution < 1.29 is 47.7 Å². The Kier molecular flexibility index (Phi) is 22.3. The minimum Gasteiger partial charge on any atom is -1.00 e. The Balaban J connectivity index is -0.00000242. The van der Waals surface area contributed by atoms with Crippen LogP contribution in [0.4, 0.5) is 0 Å². The van der Waals surface area contributed by atoms with Crippen LogP contribution in [0, 0.1) is 0 Å². The van der Waals surface area contributed by atoms with E-state index in [4.69, 9.17) is 4.74 Å². The second kappa shape index (κ2) is 18.2. The Hall–Kier alpha value is 0.840. The maximum absolute atomic E-state index is 6.01. The second-order valence-electron chi connectivity index (χ2n) is 7.83. The summed E-state index contributed by atoms with van der Waals surface area (Å²) in [5.41, 5.74) is 0. The van der Waals surface area contributed by atoms with E-state index in [-0.39, 0.29) is 34.0 Å². The molecule has 3 nitrogen and oxygen atoms in total. The minimum absolute atomic E-state index is 0. The van der Waals surface area contributed by atoms with Crippen LogP contribution in [0.2, 0.25) is 0 Å². The first-order chi connectivity index (χ1) is 10.9. The quantitative estimate of drug-likeness (QED) is 0.186. The number of ether oxygens (including phenoxy) is 1. The van der Waals surface area contributed by atoms with Gasteiger partial charge in [0.25, 0.3) is 0 Å². The van der Waals surface area contributed by atoms with Gasteiger partial charge in [0.05, 0.1) is 53.5 Å². The van der Waals surface area contributed by atoms with E-state index in [0.717, 1.165) is 24.2 Å². The number of nitrogens with zero attached hydrogens (tertiary/aromatic N) is 2. The van der Waals surface area contributed by atoms with Gasteiger partial charge in [-0.15, -0.1) is 0 Å². The fourth-order valence-electron chi connectivity index (χ4n) is 3.24. The smallest absolute Gasteiger partial charge is 0.102 e. The van der Waals surface area contributed by atoms with Crippen molar-refractivity contribution in [3.05, 3.63) is 0 Å². The van der Waals surface area contributed by atoms with Crippen LogP contribution in [0.1, 0.15) is 66.2 Å². The summed E-state index contributed by atoms with van der Waals surface area (Å²) < 4.78 is 8.34. The maximum Gasteiger partial charge on any atom is 0.102 e. The third kappa shape index (κ3) is 15.6. The average molecular weight is 490 g/mol. The molecule has 0 aromatic carbocycles. The van der Waals surface area contributed by atoms with Gasteiger partial charge in [0.2, 0.25) is 0 Å². The molecule has 0 aliphatic heterocycles. The van der Waals surface area contributed by atoms with Crippen LogP contribution in [-0.2, 0) is 4.74 Å². The lowest BCUT2D eigenvalue weighted by Gasteiger charge is -2.37. The van der Waals surface area contributed by atoms with Crippen LogP contribution in [0.5, 0.6) is 0 Å². The van der Waals surface area contributed by atoms with Gasteiger partial charge in [-0.1, -0.05) is 26.7 Å². The summed E-state index contributed by atoms with van der Waals surface area (Å²) in [6.45, 7) is 18.4. The molecule has 0 saturated carbocycles. The van der Waals surface area contributed by atoms with Crippen molar-refractivity contribution in [1.29, 1.82) is 0 Å². The van der Waals surface area contributed by atoms with Gasteiger partial charge in [0.1, 0.15) is 13.1 Å². The molecule has 0 fully saturated rings. The molecule has 156 valence electrons. The fourth-order valence-corrected chi connectivity index (χ4v) is 3.24. The Morgan fingerprint density at radius 3 is 1.56 bits per heavy atom. The van der Waals surface area contributed by atoms with Crippen molar-refractivity contribution in [3.8, 4) is 0 Å². The number of quaternary nitrogens is 2. The highest BCUT2D eigenvalue weighted by atomic mass is 79.9. The summed E-state index contributed by atoms with van der Waals surface area (Å²) >= 11 is 0. The van der Waals surface area contributed by atoms with E-state index in [1.165, 1.54) is 75.7 Å². The van der Waals surface area contributed by atoms with Gasteiger partial charge in [-0.05, 0) is 39.5 Å². The average Bonchev–Trinajstić information content (AvgIpc) is 2.53. The Morgan fingerprint density at radius 1 is 0.600 bits per heavy atom. The Morgan fingerprint density at radius 2 is 1.08 bits per heavy atom. The fraction of sp³-hybridized carbons (Fsp3) is 1.00. The largest absolute Gasteiger partial charge is 1.00 e. The summed E-state index contributed by atoms with van der Waals surface area (Å²) in [5, 5.41) is 0. The van der Waals surface area contributed by atoms with Gasteiger partial charge in [-0.25, -0.2) is 0 Å². The molecule has 0 N–H and O–H groups in total. The second-order valence-corrected chi connectivity index (χ2v) is 7.83. The first kappa shape index (κ1) is 30.6. The molecule has 0 aliphatic rings. The SMILES string of the molecule is CCCCC[N+](C)(C)CCOCC[N+](CC)(CC)CCCCC.[Br-].[Br-]. The minimum atomic E-state index is 0. The van der Waals surface area contributed by atoms with Gasteiger partial charge in [0, 0.05) is 0 Å². The highest BCUT2D eigenvalue weighted by Gasteiger charge is 2.22. The predicted molar refractivity (Wildman–Crippen MR) is 103 cm³/mol. The Labute approximate surface area is 180 Å². The Bertz CT molecular complexity index is 272. The molecule has 0 amide bonds. The van der Waals surface area contributed by atoms with E-state index >= 15 is 0 Å². The molecule has 5 heteroatoms. The molecule has 0 aliphatic carbocycles. The normalized spacial score (nSPS) is 11.8. The number of hydrogen-bond donors (Lipinski definition) is 0. The molecule has 0 rings (SSSR count). The molecule has 0 heterocycles. The molecular weight excluding hydrogens is 444 g/mol. The van der Waals surface area contributed by atoms with Crippen molar-refractivity contribution in [3.63, 3.8) is 0 Å². The third-order valence-electron chi connectivity index (χ3n) is 5.50. The molecule has 0 spiro atoms. The lowest BCUT2D eigenvalue weighted by molar-refractivity contribution is -0.925. The van der Waals surface area contributed by atoms with Gasteiger partial charge in [-0.2, -0.15) is 0 Å². The van der Waals surface area contributed by atoms with Crippen molar-refractivity contribution >= 4 is 0 Å². The predicted octanol–water partition coefficient (Wildman–Crippen LogP) is -1.68. The zero-order valence-electron chi connectivity index (χ0n) is 18.0. The van der Waals surface area contributed by atoms with Gasteiger partial charge in [-0.3, -0.25) is 0 Å². The number of likely N-dealkylation sites (N-methyl/N-ethyl adjacent to an activating group) is 2. The van der Waals surface area contributed by atoms with Crippen LogP contribution in [0.25, 0.3) is 0 Å². The summed E-state index contributed by atoms with van der Waals surface area (Å²) in [7, 11) is 4.67. The number of rotatable bonds is 16. The lowest BCUT2D eigenvalue weighted by Crippen LogP contribution is -3.00. The zero-order valence-corrected chi connectivity index (χ0v) is 21.1. The van der Waals surface area contributed by atoms with Gasteiger partial charge in [0.15, 0.2) is 0 Å². The monoisotopic (exact) mass is 488 g/mol. The van der Waals surface area contributed by atoms with Crippen molar-refractivity contribution in [2.45, 2.75) is 66.2 Å².